The van der Waals surface area contributed by atoms with Gasteiger partial charge in [0.25, 0.3) is 10.0 Å². The van der Waals surface area contributed by atoms with Crippen molar-refractivity contribution >= 4 is 33.1 Å². The largest absolute Gasteiger partial charge is 0.379 e. The first-order valence-corrected chi connectivity index (χ1v) is 10.5. The Hall–Kier alpha value is -1.94. The fourth-order valence-corrected chi connectivity index (χ4v) is 5.34. The van der Waals surface area contributed by atoms with Crippen LogP contribution in [0.15, 0.2) is 40.6 Å². The van der Waals surface area contributed by atoms with E-state index < -0.39 is 10.0 Å². The van der Waals surface area contributed by atoms with Gasteiger partial charge in [-0.15, -0.1) is 11.3 Å². The van der Waals surface area contributed by atoms with Crippen molar-refractivity contribution in [3.63, 3.8) is 0 Å². The van der Waals surface area contributed by atoms with Gasteiger partial charge in [-0.1, -0.05) is 17.7 Å². The summed E-state index contributed by atoms with van der Waals surface area (Å²) in [5, 5.41) is 5.48. The lowest BCUT2D eigenvalue weighted by atomic mass is 10.2. The fourth-order valence-electron chi connectivity index (χ4n) is 2.49. The number of nitrogens with one attached hydrogen (secondary N) is 2. The van der Waals surface area contributed by atoms with E-state index in [1.54, 1.807) is 12.1 Å². The number of hydrogen-bond donors (Lipinski definition) is 2. The normalized spacial score (nSPS) is 15.6. The third kappa shape index (κ3) is 4.61. The molecule has 0 spiro atoms. The molecule has 1 fully saturated rings. The molecule has 0 unspecified atom stereocenters. The van der Waals surface area contributed by atoms with Crippen molar-refractivity contribution in [2.45, 2.75) is 17.7 Å². The number of nitrogens with zero attached hydrogens (tertiary/aromatic N) is 1. The van der Waals surface area contributed by atoms with Gasteiger partial charge in [0.15, 0.2) is 0 Å². The predicted molar refractivity (Wildman–Crippen MR) is 101 cm³/mol. The molecule has 2 amide bonds. The van der Waals surface area contributed by atoms with E-state index in [9.17, 15) is 13.2 Å². The summed E-state index contributed by atoms with van der Waals surface area (Å²) in [7, 11) is -3.49. The number of carbonyl (C=O) groups excluding carboxylic acids is 1. The van der Waals surface area contributed by atoms with Crippen LogP contribution >= 0.6 is 11.3 Å². The number of ether oxygens (including phenoxy) is 1. The minimum absolute atomic E-state index is 0.265. The molecule has 2 N–H and O–H groups in total. The van der Waals surface area contributed by atoms with Gasteiger partial charge in [-0.25, -0.2) is 13.2 Å². The number of aryl methyl sites for hydroxylation is 1. The molecule has 0 atom stereocenters. The van der Waals surface area contributed by atoms with Crippen molar-refractivity contribution in [2.24, 2.45) is 0 Å². The molecule has 26 heavy (non-hydrogen) atoms. The number of amides is 2. The van der Waals surface area contributed by atoms with Crippen molar-refractivity contribution in [3.05, 3.63) is 46.8 Å². The summed E-state index contributed by atoms with van der Waals surface area (Å²) < 4.78 is 32.1. The van der Waals surface area contributed by atoms with Crippen molar-refractivity contribution in [1.29, 1.82) is 0 Å². The zero-order valence-electron chi connectivity index (χ0n) is 14.4. The molecule has 9 heteroatoms. The third-order valence-electron chi connectivity index (χ3n) is 3.93. The summed E-state index contributed by atoms with van der Waals surface area (Å²) in [4.78, 5) is 12.7. The van der Waals surface area contributed by atoms with E-state index in [1.165, 1.54) is 15.6 Å². The first kappa shape index (κ1) is 18.8. The highest BCUT2D eigenvalue weighted by molar-refractivity contribution is 7.91. The summed E-state index contributed by atoms with van der Waals surface area (Å²) in [5.74, 6) is 0. The minimum Gasteiger partial charge on any atom is -0.379 e. The van der Waals surface area contributed by atoms with Crippen LogP contribution in [0.5, 0.6) is 0 Å². The molecule has 3 rings (SSSR count). The molecular formula is C17H21N3O4S2. The van der Waals surface area contributed by atoms with Crippen LogP contribution < -0.4 is 10.6 Å². The maximum absolute atomic E-state index is 12.6. The summed E-state index contributed by atoms with van der Waals surface area (Å²) >= 11 is 1.17. The average molecular weight is 396 g/mol. The van der Waals surface area contributed by atoms with Crippen LogP contribution in [0.1, 0.15) is 10.4 Å². The molecule has 1 aromatic heterocycles. The van der Waals surface area contributed by atoms with E-state index >= 15 is 0 Å². The van der Waals surface area contributed by atoms with Crippen molar-refractivity contribution in [3.8, 4) is 0 Å². The number of hydrogen-bond acceptors (Lipinski definition) is 5. The molecule has 1 aliphatic rings. The Morgan fingerprint density at radius 3 is 2.54 bits per heavy atom. The lowest BCUT2D eigenvalue weighted by Gasteiger charge is -2.25. The fraction of sp³-hybridized carbons (Fsp3) is 0.353. The number of morpholine rings is 1. The Kier molecular flexibility index (Phi) is 5.92. The first-order valence-electron chi connectivity index (χ1n) is 8.23. The Labute approximate surface area is 157 Å². The molecular weight excluding hydrogens is 374 g/mol. The Bertz CT molecular complexity index is 856. The van der Waals surface area contributed by atoms with Gasteiger partial charge in [0.2, 0.25) is 0 Å². The molecule has 1 aromatic carbocycles. The number of sulfonamides is 1. The van der Waals surface area contributed by atoms with Gasteiger partial charge in [0, 0.05) is 23.7 Å². The van der Waals surface area contributed by atoms with Gasteiger partial charge in [-0.05, 0) is 31.2 Å². The Balaban J connectivity index is 1.56. The van der Waals surface area contributed by atoms with E-state index in [1.807, 2.05) is 31.2 Å². The Morgan fingerprint density at radius 2 is 1.85 bits per heavy atom. The summed E-state index contributed by atoms with van der Waals surface area (Å²) in [6.07, 6.45) is 0. The zero-order valence-corrected chi connectivity index (χ0v) is 16.0. The molecule has 0 bridgehead atoms. The highest BCUT2D eigenvalue weighted by atomic mass is 32.2. The summed E-state index contributed by atoms with van der Waals surface area (Å²) in [5.41, 5.74) is 1.82. The van der Waals surface area contributed by atoms with E-state index in [2.05, 4.69) is 10.6 Å². The lowest BCUT2D eigenvalue weighted by Crippen LogP contribution is -2.40. The predicted octanol–water partition coefficient (Wildman–Crippen LogP) is 2.40. The van der Waals surface area contributed by atoms with Crippen LogP contribution in [-0.2, 0) is 21.3 Å². The number of thiophene rings is 1. The SMILES string of the molecule is Cc1ccc(NC(=O)NCc2ccc(S(=O)(=O)N3CCOCC3)s2)cc1. The highest BCUT2D eigenvalue weighted by Crippen LogP contribution is 2.25. The van der Waals surface area contributed by atoms with Crippen LogP contribution in [-0.4, -0.2) is 45.1 Å². The van der Waals surface area contributed by atoms with Gasteiger partial charge < -0.3 is 15.4 Å². The molecule has 140 valence electrons. The van der Waals surface area contributed by atoms with Crippen LogP contribution in [0.25, 0.3) is 0 Å². The lowest BCUT2D eigenvalue weighted by molar-refractivity contribution is 0.0731. The Morgan fingerprint density at radius 1 is 1.15 bits per heavy atom. The number of urea groups is 1. The maximum atomic E-state index is 12.6. The maximum Gasteiger partial charge on any atom is 0.319 e. The van der Waals surface area contributed by atoms with Gasteiger partial charge in [0.1, 0.15) is 4.21 Å². The molecule has 1 aliphatic heterocycles. The minimum atomic E-state index is -3.49. The van der Waals surface area contributed by atoms with Crippen LogP contribution in [0.4, 0.5) is 10.5 Å². The van der Waals surface area contributed by atoms with Crippen molar-refractivity contribution in [2.75, 3.05) is 31.6 Å². The average Bonchev–Trinajstić information content (AvgIpc) is 3.13. The summed E-state index contributed by atoms with van der Waals surface area (Å²) in [6, 6.07) is 10.5. The summed E-state index contributed by atoms with van der Waals surface area (Å²) in [6.45, 7) is 3.81. The number of anilines is 1. The molecule has 0 aliphatic carbocycles. The molecule has 2 heterocycles. The molecule has 2 aromatic rings. The van der Waals surface area contributed by atoms with Gasteiger partial charge in [-0.2, -0.15) is 4.31 Å². The van der Waals surface area contributed by atoms with E-state index in [-0.39, 0.29) is 16.8 Å². The third-order valence-corrected chi connectivity index (χ3v) is 7.39. The smallest absolute Gasteiger partial charge is 0.319 e. The van der Waals surface area contributed by atoms with E-state index in [0.717, 1.165) is 10.4 Å². The van der Waals surface area contributed by atoms with E-state index in [4.69, 9.17) is 4.74 Å². The molecule has 0 saturated carbocycles. The van der Waals surface area contributed by atoms with Crippen LogP contribution in [0.3, 0.4) is 0 Å². The number of rotatable bonds is 5. The second kappa shape index (κ2) is 8.17. The first-order chi connectivity index (χ1) is 12.4. The topological polar surface area (TPSA) is 87.7 Å². The van der Waals surface area contributed by atoms with Gasteiger partial charge in [-0.3, -0.25) is 0 Å². The second-order valence-corrected chi connectivity index (χ2v) is 9.24. The zero-order chi connectivity index (χ0) is 18.6. The van der Waals surface area contributed by atoms with Crippen molar-refractivity contribution in [1.82, 2.24) is 9.62 Å². The van der Waals surface area contributed by atoms with Crippen LogP contribution in [0, 0.1) is 6.92 Å². The second-order valence-electron chi connectivity index (χ2n) is 5.91. The molecule has 7 nitrogen and oxygen atoms in total. The number of benzene rings is 1. The van der Waals surface area contributed by atoms with Gasteiger partial charge in [0.05, 0.1) is 19.8 Å². The standard InChI is InChI=1S/C17H21N3O4S2/c1-13-2-4-14(5-3-13)19-17(21)18-12-15-6-7-16(25-15)26(22,23)20-8-10-24-11-9-20/h2-7H,8-12H2,1H3,(H2,18,19,21). The molecule has 1 saturated heterocycles. The van der Waals surface area contributed by atoms with Crippen LogP contribution in [0.2, 0.25) is 0 Å². The van der Waals surface area contributed by atoms with Gasteiger partial charge >= 0.3 is 6.03 Å². The highest BCUT2D eigenvalue weighted by Gasteiger charge is 2.27. The number of carbonyl (C=O) groups is 1. The monoisotopic (exact) mass is 395 g/mol. The van der Waals surface area contributed by atoms with E-state index in [0.29, 0.717) is 32.0 Å². The quantitative estimate of drug-likeness (QED) is 0.814. The molecule has 0 radical (unpaired) electrons. The van der Waals surface area contributed by atoms with Crippen molar-refractivity contribution < 1.29 is 17.9 Å².